The molecule has 0 radical (unpaired) electrons. The Balaban J connectivity index is 0.00000225. The Morgan fingerprint density at radius 2 is 1.93 bits per heavy atom. The van der Waals surface area contributed by atoms with Gasteiger partial charge in [-0.3, -0.25) is 0 Å². The molecule has 1 aromatic carbocycles. The second-order valence-electron chi connectivity index (χ2n) is 7.78. The Morgan fingerprint density at radius 3 is 2.68 bits per heavy atom. The number of allylic oxidation sites excluding steroid dienone is 3. The third kappa shape index (κ3) is 4.61. The number of methoxy groups -OCH3 is 1. The van der Waals surface area contributed by atoms with Crippen molar-refractivity contribution in [3.8, 4) is 5.75 Å². The largest absolute Gasteiger partial charge is 1.00 e. The maximum atomic E-state index is 11.0. The van der Waals surface area contributed by atoms with Gasteiger partial charge >= 0.3 is 29.6 Å². The van der Waals surface area contributed by atoms with Gasteiger partial charge in [0.1, 0.15) is 19.3 Å². The molecule has 7 heteroatoms. The van der Waals surface area contributed by atoms with E-state index in [0.29, 0.717) is 11.8 Å². The first kappa shape index (κ1) is 22.1. The first-order chi connectivity index (χ1) is 13.0. The number of hydrogen-bond donors (Lipinski definition) is 0. The molecular weight excluding hydrogens is 386 g/mol. The first-order valence-electron chi connectivity index (χ1n) is 9.77. The van der Waals surface area contributed by atoms with Crippen LogP contribution >= 0.6 is 7.82 Å². The van der Waals surface area contributed by atoms with Crippen LogP contribution in [0, 0.1) is 11.8 Å². The Hall–Kier alpha value is -0.550. The third-order valence-electron chi connectivity index (χ3n) is 6.18. The molecule has 28 heavy (non-hydrogen) atoms. The fraction of sp³-hybridized carbons (Fsp3) is 0.524. The molecule has 2 atom stereocenters. The quantitative estimate of drug-likeness (QED) is 0.319. The summed E-state index contributed by atoms with van der Waals surface area (Å²) in [7, 11) is -3.41. The van der Waals surface area contributed by atoms with Gasteiger partial charge in [-0.2, -0.15) is 0 Å². The molecule has 3 aliphatic rings. The molecular formula is C21H25NaO5P-. The van der Waals surface area contributed by atoms with Gasteiger partial charge in [-0.25, -0.2) is 0 Å². The number of phosphoric ester groups is 1. The number of hydrogen-bond acceptors (Lipinski definition) is 5. The minimum atomic E-state index is -5.08. The molecule has 2 unspecified atom stereocenters. The van der Waals surface area contributed by atoms with E-state index in [-0.39, 0.29) is 35.3 Å². The molecule has 1 fully saturated rings. The topological polar surface area (TPSA) is 81.7 Å². The maximum Gasteiger partial charge on any atom is 1.00 e. The summed E-state index contributed by atoms with van der Waals surface area (Å²) in [6.07, 6.45) is 9.69. The minimum Gasteiger partial charge on any atom is -0.780 e. The van der Waals surface area contributed by atoms with Crippen molar-refractivity contribution in [1.29, 1.82) is 0 Å². The second kappa shape index (κ2) is 9.07. The van der Waals surface area contributed by atoms with Crippen LogP contribution < -0.4 is 43.9 Å². The van der Waals surface area contributed by atoms with Crippen LogP contribution in [0.25, 0.3) is 5.76 Å². The number of ether oxygens (including phenoxy) is 1. The van der Waals surface area contributed by atoms with E-state index in [0.717, 1.165) is 24.2 Å². The Labute approximate surface area is 188 Å². The summed E-state index contributed by atoms with van der Waals surface area (Å²) in [4.78, 5) is 21.9. The molecule has 146 valence electrons. The van der Waals surface area contributed by atoms with Gasteiger partial charge in [-0.05, 0) is 68.6 Å². The molecule has 0 N–H and O–H groups in total. The molecule has 0 aromatic heterocycles. The molecule has 0 saturated heterocycles. The van der Waals surface area contributed by atoms with Crippen LogP contribution in [0.1, 0.15) is 56.9 Å². The first-order valence-corrected chi connectivity index (χ1v) is 11.2. The Bertz CT molecular complexity index is 841. The molecule has 2 bridgehead atoms. The monoisotopic (exact) mass is 411 g/mol. The van der Waals surface area contributed by atoms with Crippen LogP contribution in [0.15, 0.2) is 41.0 Å². The van der Waals surface area contributed by atoms with Crippen molar-refractivity contribution in [2.24, 2.45) is 11.8 Å². The van der Waals surface area contributed by atoms with Crippen LogP contribution in [0.5, 0.6) is 5.75 Å². The average molecular weight is 411 g/mol. The van der Waals surface area contributed by atoms with E-state index in [1.54, 1.807) is 30.4 Å². The fourth-order valence-electron chi connectivity index (χ4n) is 5.25. The summed E-state index contributed by atoms with van der Waals surface area (Å²) in [6, 6.07) is 6.66. The van der Waals surface area contributed by atoms with Crippen molar-refractivity contribution in [3.05, 3.63) is 46.5 Å². The van der Waals surface area contributed by atoms with E-state index in [9.17, 15) is 14.4 Å². The van der Waals surface area contributed by atoms with Crippen molar-refractivity contribution >= 4 is 13.6 Å². The maximum absolute atomic E-state index is 11.0. The number of benzene rings is 1. The zero-order chi connectivity index (χ0) is 19.0. The van der Waals surface area contributed by atoms with Crippen molar-refractivity contribution in [1.82, 2.24) is 0 Å². The van der Waals surface area contributed by atoms with Gasteiger partial charge < -0.3 is 23.6 Å². The molecule has 4 rings (SSSR count). The number of fused-ring (bicyclic) bond motifs is 3. The van der Waals surface area contributed by atoms with E-state index < -0.39 is 7.82 Å². The van der Waals surface area contributed by atoms with Gasteiger partial charge in [0, 0.05) is 11.5 Å². The summed E-state index contributed by atoms with van der Waals surface area (Å²) < 4.78 is 21.4. The smallest absolute Gasteiger partial charge is 0.780 e. The van der Waals surface area contributed by atoms with Gasteiger partial charge in [0.15, 0.2) is 0 Å². The van der Waals surface area contributed by atoms with E-state index in [4.69, 9.17) is 4.74 Å². The average Bonchev–Trinajstić information content (AvgIpc) is 2.61. The van der Waals surface area contributed by atoms with Crippen molar-refractivity contribution in [2.75, 3.05) is 7.11 Å². The second-order valence-corrected chi connectivity index (χ2v) is 8.85. The van der Waals surface area contributed by atoms with Crippen molar-refractivity contribution in [3.63, 3.8) is 0 Å². The molecule has 0 heterocycles. The zero-order valence-corrected chi connectivity index (χ0v) is 19.5. The summed E-state index contributed by atoms with van der Waals surface area (Å²) in [6.45, 7) is 0. The van der Waals surface area contributed by atoms with E-state index in [1.807, 2.05) is 6.07 Å². The summed E-state index contributed by atoms with van der Waals surface area (Å²) in [5, 5.41) is 0. The van der Waals surface area contributed by atoms with Gasteiger partial charge in [0.2, 0.25) is 0 Å². The molecule has 0 aliphatic heterocycles. The standard InChI is InChI=1S/C21H27O5P.Na/c1-25-21(16-8-4-9-17(13-16)26-27(22,23)24)20-15-7-5-11-19(20)18-10-3-2-6-14(18)12-15;/h4,8-9,13,15,19H,2-3,5-7,10-12H2,1H3,(H2,22,23,24);/q;+1/p-2/b21-20+;. The molecule has 5 nitrogen and oxygen atoms in total. The third-order valence-corrected chi connectivity index (χ3v) is 6.62. The Kier molecular flexibility index (Phi) is 7.18. The van der Waals surface area contributed by atoms with E-state index in [2.05, 4.69) is 4.52 Å². The number of phosphoric acid groups is 1. The summed E-state index contributed by atoms with van der Waals surface area (Å²) >= 11 is 0. The molecule has 3 aliphatic carbocycles. The van der Waals surface area contributed by atoms with E-state index >= 15 is 0 Å². The molecule has 0 spiro atoms. The van der Waals surface area contributed by atoms with Gasteiger partial charge in [-0.15, -0.1) is 0 Å². The predicted octanol–water partition coefficient (Wildman–Crippen LogP) is 0.946. The summed E-state index contributed by atoms with van der Waals surface area (Å²) in [5.41, 5.74) is 5.42. The van der Waals surface area contributed by atoms with Crippen LogP contribution in [-0.2, 0) is 9.30 Å². The normalized spacial score (nSPS) is 26.1. The zero-order valence-electron chi connectivity index (χ0n) is 16.6. The van der Waals surface area contributed by atoms with Gasteiger partial charge in [0.05, 0.1) is 7.11 Å². The van der Waals surface area contributed by atoms with Crippen LogP contribution in [0.3, 0.4) is 0 Å². The molecule has 1 saturated carbocycles. The van der Waals surface area contributed by atoms with Gasteiger partial charge in [0.25, 0.3) is 0 Å². The van der Waals surface area contributed by atoms with Crippen LogP contribution in [0.4, 0.5) is 0 Å². The van der Waals surface area contributed by atoms with Gasteiger partial charge in [-0.1, -0.05) is 29.7 Å². The van der Waals surface area contributed by atoms with Crippen LogP contribution in [0.2, 0.25) is 0 Å². The van der Waals surface area contributed by atoms with Crippen molar-refractivity contribution < 1.29 is 53.2 Å². The van der Waals surface area contributed by atoms with E-state index in [1.165, 1.54) is 50.2 Å². The number of rotatable bonds is 4. The Morgan fingerprint density at radius 1 is 1.14 bits per heavy atom. The fourth-order valence-corrected chi connectivity index (χ4v) is 5.62. The summed E-state index contributed by atoms with van der Waals surface area (Å²) in [5.74, 6) is 1.79. The minimum absolute atomic E-state index is 0. The SMILES string of the molecule is CO/C(=C1\C2CCCC1C1=C(CCCC1)C2)c1cccc(OP(=O)([O-])[O-])c1.[Na+]. The van der Waals surface area contributed by atoms with Crippen LogP contribution in [-0.4, -0.2) is 7.11 Å². The predicted molar refractivity (Wildman–Crippen MR) is 99.5 cm³/mol. The van der Waals surface area contributed by atoms with Crippen molar-refractivity contribution in [2.45, 2.75) is 51.4 Å². The molecule has 1 aromatic rings. The molecule has 0 amide bonds.